The van der Waals surface area contributed by atoms with Crippen LogP contribution in [0.1, 0.15) is 0 Å². The van der Waals surface area contributed by atoms with Crippen LogP contribution >= 0.6 is 15.9 Å². The first kappa shape index (κ1) is 13.3. The molecule has 1 atom stereocenters. The van der Waals surface area contributed by atoms with Crippen molar-refractivity contribution in [3.05, 3.63) is 52.8 Å². The van der Waals surface area contributed by atoms with E-state index in [1.165, 1.54) is 5.57 Å². The van der Waals surface area contributed by atoms with Crippen LogP contribution in [0.2, 0.25) is 0 Å². The van der Waals surface area contributed by atoms with E-state index in [1.807, 2.05) is 48.7 Å². The van der Waals surface area contributed by atoms with Crippen LogP contribution in [0, 0.1) is 5.92 Å². The summed E-state index contributed by atoms with van der Waals surface area (Å²) in [5.41, 5.74) is 6.24. The highest BCUT2D eigenvalue weighted by Crippen LogP contribution is 2.25. The van der Waals surface area contributed by atoms with E-state index in [-0.39, 0.29) is 5.92 Å². The molecular weight excluding hydrogens is 316 g/mol. The lowest BCUT2D eigenvalue weighted by Crippen LogP contribution is -2.32. The fourth-order valence-corrected chi connectivity index (χ4v) is 2.64. The van der Waals surface area contributed by atoms with Crippen molar-refractivity contribution in [2.24, 2.45) is 15.9 Å². The van der Waals surface area contributed by atoms with Gasteiger partial charge in [-0.3, -0.25) is 15.0 Å². The number of hydrogen-bond donors (Lipinski definition) is 1. The monoisotopic (exact) mass is 330 g/mol. The first-order valence-corrected chi connectivity index (χ1v) is 7.25. The van der Waals surface area contributed by atoms with E-state index < -0.39 is 0 Å². The van der Waals surface area contributed by atoms with Crippen molar-refractivity contribution >= 4 is 33.5 Å². The second kappa shape index (κ2) is 5.73. The summed E-state index contributed by atoms with van der Waals surface area (Å²) in [4.78, 5) is 9.16. The third-order valence-electron chi connectivity index (χ3n) is 3.26. The van der Waals surface area contributed by atoms with Crippen molar-refractivity contribution in [3.63, 3.8) is 0 Å². The van der Waals surface area contributed by atoms with Gasteiger partial charge in [-0.15, -0.1) is 0 Å². The number of rotatable bonds is 2. The third kappa shape index (κ3) is 2.73. The van der Waals surface area contributed by atoms with Crippen LogP contribution in [0.4, 0.5) is 5.69 Å². The molecule has 3 rings (SSSR count). The number of nitrogens with zero attached hydrogens (tertiary/aromatic N) is 3. The predicted molar refractivity (Wildman–Crippen MR) is 86.2 cm³/mol. The topological polar surface area (TPSA) is 40.0 Å². The molecule has 102 valence electrons. The Kier molecular flexibility index (Phi) is 3.80. The summed E-state index contributed by atoms with van der Waals surface area (Å²) >= 11 is 3.47. The zero-order valence-corrected chi connectivity index (χ0v) is 12.7. The van der Waals surface area contributed by atoms with Crippen molar-refractivity contribution in [1.82, 2.24) is 10.4 Å². The average Bonchev–Trinajstić information content (AvgIpc) is 2.47. The largest absolute Gasteiger partial charge is 0.292 e. The number of hydrazine groups is 1. The first-order valence-electron chi connectivity index (χ1n) is 6.45. The van der Waals surface area contributed by atoms with Crippen molar-refractivity contribution in [3.8, 4) is 0 Å². The highest BCUT2D eigenvalue weighted by molar-refractivity contribution is 9.10. The summed E-state index contributed by atoms with van der Waals surface area (Å²) in [6.45, 7) is 0.625. The molecule has 0 radical (unpaired) electrons. The molecule has 2 aliphatic heterocycles. The molecule has 1 aromatic carbocycles. The van der Waals surface area contributed by atoms with Crippen LogP contribution in [0.3, 0.4) is 0 Å². The number of halogens is 1. The van der Waals surface area contributed by atoms with Crippen LogP contribution in [-0.2, 0) is 0 Å². The number of fused-ring (bicyclic) bond motifs is 1. The Morgan fingerprint density at radius 3 is 3.15 bits per heavy atom. The van der Waals surface area contributed by atoms with E-state index in [1.54, 1.807) is 0 Å². The van der Waals surface area contributed by atoms with Crippen LogP contribution in [-0.4, -0.2) is 30.5 Å². The molecule has 20 heavy (non-hydrogen) atoms. The third-order valence-corrected chi connectivity index (χ3v) is 3.76. The van der Waals surface area contributed by atoms with E-state index in [4.69, 9.17) is 4.99 Å². The van der Waals surface area contributed by atoms with Gasteiger partial charge in [0.2, 0.25) is 0 Å². The highest BCUT2D eigenvalue weighted by atomic mass is 79.9. The zero-order chi connectivity index (χ0) is 13.9. The smallest absolute Gasteiger partial charge is 0.0812 e. The number of allylic oxidation sites excluding steroid dienone is 1. The van der Waals surface area contributed by atoms with Crippen molar-refractivity contribution in [2.45, 2.75) is 0 Å². The SMILES string of the molecule is CNN1C=CC2C=NCC(=Nc3cccc(Br)c3)C2=C1. The van der Waals surface area contributed by atoms with Gasteiger partial charge in [-0.1, -0.05) is 28.1 Å². The molecule has 0 amide bonds. The Morgan fingerprint density at radius 2 is 2.35 bits per heavy atom. The average molecular weight is 331 g/mol. The summed E-state index contributed by atoms with van der Waals surface area (Å²) in [5.74, 6) is 0.222. The van der Waals surface area contributed by atoms with Crippen molar-refractivity contribution in [1.29, 1.82) is 0 Å². The number of benzene rings is 1. The minimum atomic E-state index is 0.222. The van der Waals surface area contributed by atoms with Crippen molar-refractivity contribution < 1.29 is 0 Å². The maximum Gasteiger partial charge on any atom is 0.0812 e. The lowest BCUT2D eigenvalue weighted by Gasteiger charge is -2.27. The van der Waals surface area contributed by atoms with Crippen LogP contribution < -0.4 is 5.43 Å². The van der Waals surface area contributed by atoms with Gasteiger partial charge in [-0.05, 0) is 18.2 Å². The van der Waals surface area contributed by atoms with Crippen molar-refractivity contribution in [2.75, 3.05) is 13.6 Å². The molecular formula is C15H15BrN4. The standard InChI is InChI=1S/C15H15BrN4/c1-17-20-6-5-11-8-18-9-15(14(11)10-20)19-13-4-2-3-12(16)7-13/h2-8,10-11,17H,9H2,1H3. The minimum absolute atomic E-state index is 0.222. The number of hydrogen-bond acceptors (Lipinski definition) is 4. The second-order valence-corrected chi connectivity index (χ2v) is 5.53. The van der Waals surface area contributed by atoms with Gasteiger partial charge in [0, 0.05) is 41.6 Å². The number of nitrogens with one attached hydrogen (secondary N) is 1. The molecule has 0 bridgehead atoms. The van der Waals surface area contributed by atoms with Gasteiger partial charge in [0.1, 0.15) is 0 Å². The summed E-state index contributed by atoms with van der Waals surface area (Å²) in [6, 6.07) is 7.99. The molecule has 2 aliphatic rings. The molecule has 1 aromatic rings. The minimum Gasteiger partial charge on any atom is -0.292 e. The molecule has 5 heteroatoms. The molecule has 4 nitrogen and oxygen atoms in total. The fourth-order valence-electron chi connectivity index (χ4n) is 2.25. The Bertz CT molecular complexity index is 631. The second-order valence-electron chi connectivity index (χ2n) is 4.61. The molecule has 1 N–H and O–H groups in total. The normalized spacial score (nSPS) is 22.9. The van der Waals surface area contributed by atoms with Gasteiger partial charge in [0.15, 0.2) is 0 Å². The van der Waals surface area contributed by atoms with Gasteiger partial charge >= 0.3 is 0 Å². The van der Waals surface area contributed by atoms with Crippen LogP contribution in [0.5, 0.6) is 0 Å². The Labute approximate surface area is 126 Å². The Hall–Kier alpha value is -1.72. The van der Waals surface area contributed by atoms with Gasteiger partial charge in [-0.25, -0.2) is 5.43 Å². The summed E-state index contributed by atoms with van der Waals surface area (Å²) < 4.78 is 1.03. The van der Waals surface area contributed by atoms with Gasteiger partial charge in [-0.2, -0.15) is 0 Å². The molecule has 0 aliphatic carbocycles. The highest BCUT2D eigenvalue weighted by Gasteiger charge is 2.22. The summed E-state index contributed by atoms with van der Waals surface area (Å²) in [7, 11) is 1.89. The molecule has 2 heterocycles. The summed E-state index contributed by atoms with van der Waals surface area (Å²) in [6.07, 6.45) is 8.18. The predicted octanol–water partition coefficient (Wildman–Crippen LogP) is 3.07. The molecule has 0 fully saturated rings. The molecule has 0 saturated carbocycles. The molecule has 0 spiro atoms. The van der Waals surface area contributed by atoms with E-state index in [9.17, 15) is 0 Å². The zero-order valence-electron chi connectivity index (χ0n) is 11.1. The quantitative estimate of drug-likeness (QED) is 0.905. The maximum atomic E-state index is 4.75. The fraction of sp³-hybridized carbons (Fsp3) is 0.200. The first-order chi connectivity index (χ1) is 9.76. The van der Waals surface area contributed by atoms with Gasteiger partial charge < -0.3 is 0 Å². The van der Waals surface area contributed by atoms with Gasteiger partial charge in [0.05, 0.1) is 17.9 Å². The molecule has 0 saturated heterocycles. The van der Waals surface area contributed by atoms with Crippen LogP contribution in [0.15, 0.2) is 62.8 Å². The van der Waals surface area contributed by atoms with Crippen LogP contribution in [0.25, 0.3) is 0 Å². The number of aliphatic imine (C=N–C) groups is 2. The van der Waals surface area contributed by atoms with E-state index in [2.05, 4.69) is 38.6 Å². The molecule has 0 aromatic heterocycles. The van der Waals surface area contributed by atoms with Gasteiger partial charge in [0.25, 0.3) is 0 Å². The van der Waals surface area contributed by atoms with E-state index >= 15 is 0 Å². The lowest BCUT2D eigenvalue weighted by atomic mass is 9.92. The van der Waals surface area contributed by atoms with E-state index in [0.717, 1.165) is 15.9 Å². The lowest BCUT2D eigenvalue weighted by molar-refractivity contribution is 0.398. The maximum absolute atomic E-state index is 4.75. The Balaban J connectivity index is 1.97. The van der Waals surface area contributed by atoms with E-state index in [0.29, 0.717) is 6.54 Å². The Morgan fingerprint density at radius 1 is 1.45 bits per heavy atom. The molecule has 1 unspecified atom stereocenters. The summed E-state index contributed by atoms with van der Waals surface area (Å²) in [5, 5.41) is 1.93.